The minimum atomic E-state index is -0.465. The number of benzene rings is 1. The van der Waals surface area contributed by atoms with Gasteiger partial charge in [-0.05, 0) is 18.4 Å². The van der Waals surface area contributed by atoms with Crippen LogP contribution in [0, 0.1) is 0 Å². The standard InChI is InChI=1S/C12H16N2O2.ClH/c1-14(12(13)7-8-12)11(15)16-9-10-5-3-2-4-6-10;/h2-6H,7-9,13H2,1H3;1H. The maximum absolute atomic E-state index is 11.6. The van der Waals surface area contributed by atoms with Crippen LogP contribution in [0.2, 0.25) is 0 Å². The first-order chi connectivity index (χ1) is 7.62. The maximum Gasteiger partial charge on any atom is 0.411 e. The van der Waals surface area contributed by atoms with E-state index in [0.29, 0.717) is 6.61 Å². The summed E-state index contributed by atoms with van der Waals surface area (Å²) >= 11 is 0. The van der Waals surface area contributed by atoms with Gasteiger partial charge in [0, 0.05) is 7.05 Å². The highest BCUT2D eigenvalue weighted by molar-refractivity contribution is 5.85. The minimum Gasteiger partial charge on any atom is -0.445 e. The van der Waals surface area contributed by atoms with Crippen molar-refractivity contribution in [3.05, 3.63) is 35.9 Å². The van der Waals surface area contributed by atoms with Crippen LogP contribution in [-0.4, -0.2) is 23.7 Å². The SMILES string of the molecule is CN(C(=O)OCc1ccccc1)C1(N)CC1.Cl. The van der Waals surface area contributed by atoms with E-state index >= 15 is 0 Å². The van der Waals surface area contributed by atoms with Crippen LogP contribution in [0.1, 0.15) is 18.4 Å². The van der Waals surface area contributed by atoms with Crippen LogP contribution in [0.4, 0.5) is 4.79 Å². The first kappa shape index (κ1) is 13.8. The largest absolute Gasteiger partial charge is 0.445 e. The molecule has 17 heavy (non-hydrogen) atoms. The zero-order valence-corrected chi connectivity index (χ0v) is 10.6. The lowest BCUT2D eigenvalue weighted by atomic mass is 10.2. The predicted octanol–water partition coefficient (Wildman–Crippen LogP) is 2.13. The predicted molar refractivity (Wildman–Crippen MR) is 67.8 cm³/mol. The fraction of sp³-hybridized carbons (Fsp3) is 0.417. The molecule has 4 nitrogen and oxygen atoms in total. The third-order valence-corrected chi connectivity index (χ3v) is 2.91. The molecular weight excluding hydrogens is 240 g/mol. The Kier molecular flexibility index (Phi) is 4.37. The van der Waals surface area contributed by atoms with E-state index in [4.69, 9.17) is 10.5 Å². The van der Waals surface area contributed by atoms with Crippen molar-refractivity contribution in [1.29, 1.82) is 0 Å². The van der Waals surface area contributed by atoms with Crippen molar-refractivity contribution in [3.63, 3.8) is 0 Å². The molecule has 2 rings (SSSR count). The summed E-state index contributed by atoms with van der Waals surface area (Å²) < 4.78 is 5.16. The van der Waals surface area contributed by atoms with Gasteiger partial charge in [0.1, 0.15) is 6.61 Å². The van der Waals surface area contributed by atoms with Gasteiger partial charge in [0.2, 0.25) is 0 Å². The number of ether oxygens (including phenoxy) is 1. The first-order valence-corrected chi connectivity index (χ1v) is 5.35. The van der Waals surface area contributed by atoms with Crippen LogP contribution in [0.15, 0.2) is 30.3 Å². The second-order valence-electron chi connectivity index (χ2n) is 4.20. The molecule has 1 aromatic rings. The zero-order valence-electron chi connectivity index (χ0n) is 9.76. The van der Waals surface area contributed by atoms with Gasteiger partial charge in [0.15, 0.2) is 0 Å². The minimum absolute atomic E-state index is 0. The summed E-state index contributed by atoms with van der Waals surface area (Å²) in [6.07, 6.45) is 1.34. The molecule has 94 valence electrons. The number of carbonyl (C=O) groups excluding carboxylic acids is 1. The lowest BCUT2D eigenvalue weighted by Crippen LogP contribution is -2.45. The van der Waals surface area contributed by atoms with E-state index in [0.717, 1.165) is 18.4 Å². The van der Waals surface area contributed by atoms with E-state index in [1.807, 2.05) is 30.3 Å². The van der Waals surface area contributed by atoms with Gasteiger partial charge in [-0.1, -0.05) is 30.3 Å². The Bertz CT molecular complexity index is 379. The Morgan fingerprint density at radius 1 is 1.41 bits per heavy atom. The van der Waals surface area contributed by atoms with Crippen LogP contribution in [0.25, 0.3) is 0 Å². The summed E-state index contributed by atoms with van der Waals surface area (Å²) in [5, 5.41) is 0. The summed E-state index contributed by atoms with van der Waals surface area (Å²) in [5.74, 6) is 0. The van der Waals surface area contributed by atoms with Crippen molar-refractivity contribution in [1.82, 2.24) is 4.90 Å². The van der Waals surface area contributed by atoms with E-state index in [9.17, 15) is 4.79 Å². The molecule has 0 aliphatic heterocycles. The molecular formula is C12H17ClN2O2. The van der Waals surface area contributed by atoms with Gasteiger partial charge in [-0.25, -0.2) is 4.79 Å². The van der Waals surface area contributed by atoms with Crippen LogP contribution in [0.5, 0.6) is 0 Å². The first-order valence-electron chi connectivity index (χ1n) is 5.35. The van der Waals surface area contributed by atoms with E-state index < -0.39 is 5.66 Å². The fourth-order valence-electron chi connectivity index (χ4n) is 1.46. The van der Waals surface area contributed by atoms with E-state index in [2.05, 4.69) is 0 Å². The number of rotatable bonds is 3. The molecule has 1 aliphatic carbocycles. The molecule has 1 aliphatic rings. The second kappa shape index (κ2) is 5.38. The molecule has 0 saturated heterocycles. The van der Waals surface area contributed by atoms with Gasteiger partial charge in [-0.3, -0.25) is 4.90 Å². The molecule has 2 N–H and O–H groups in total. The Hall–Kier alpha value is -1.26. The number of nitrogens with zero attached hydrogens (tertiary/aromatic N) is 1. The van der Waals surface area contributed by atoms with Crippen molar-refractivity contribution >= 4 is 18.5 Å². The lowest BCUT2D eigenvalue weighted by Gasteiger charge is -2.23. The van der Waals surface area contributed by atoms with Crippen molar-refractivity contribution in [2.24, 2.45) is 5.73 Å². The Labute approximate surface area is 107 Å². The van der Waals surface area contributed by atoms with Crippen molar-refractivity contribution in [2.75, 3.05) is 7.05 Å². The van der Waals surface area contributed by atoms with Crippen LogP contribution < -0.4 is 5.73 Å². The Morgan fingerprint density at radius 3 is 2.53 bits per heavy atom. The normalized spacial score (nSPS) is 15.6. The highest BCUT2D eigenvalue weighted by Crippen LogP contribution is 2.35. The van der Waals surface area contributed by atoms with Gasteiger partial charge in [-0.2, -0.15) is 0 Å². The molecule has 0 bridgehead atoms. The van der Waals surface area contributed by atoms with Gasteiger partial charge < -0.3 is 10.5 Å². The maximum atomic E-state index is 11.6. The summed E-state index contributed by atoms with van der Waals surface area (Å²) in [6, 6.07) is 9.60. The molecule has 1 aromatic carbocycles. The van der Waals surface area contributed by atoms with E-state index in [-0.39, 0.29) is 18.5 Å². The third kappa shape index (κ3) is 3.35. The third-order valence-electron chi connectivity index (χ3n) is 2.91. The summed E-state index contributed by atoms with van der Waals surface area (Å²) in [5.41, 5.74) is 6.40. The number of hydrogen-bond donors (Lipinski definition) is 1. The number of carbonyl (C=O) groups is 1. The van der Waals surface area contributed by atoms with Crippen LogP contribution in [-0.2, 0) is 11.3 Å². The average molecular weight is 257 g/mol. The quantitative estimate of drug-likeness (QED) is 0.843. The zero-order chi connectivity index (χ0) is 11.6. The molecule has 1 saturated carbocycles. The van der Waals surface area contributed by atoms with Crippen molar-refractivity contribution < 1.29 is 9.53 Å². The van der Waals surface area contributed by atoms with Crippen molar-refractivity contribution in [3.8, 4) is 0 Å². The smallest absolute Gasteiger partial charge is 0.411 e. The molecule has 0 heterocycles. The summed E-state index contributed by atoms with van der Waals surface area (Å²) in [6.45, 7) is 0.292. The highest BCUT2D eigenvalue weighted by Gasteiger charge is 2.45. The topological polar surface area (TPSA) is 55.6 Å². The van der Waals surface area contributed by atoms with Gasteiger partial charge in [0.05, 0.1) is 5.66 Å². The van der Waals surface area contributed by atoms with Crippen LogP contribution in [0.3, 0.4) is 0 Å². The molecule has 0 radical (unpaired) electrons. The fourth-order valence-corrected chi connectivity index (χ4v) is 1.46. The average Bonchev–Trinajstić information content (AvgIpc) is 3.06. The molecule has 1 fully saturated rings. The molecule has 0 aromatic heterocycles. The molecule has 0 unspecified atom stereocenters. The molecule has 5 heteroatoms. The van der Waals surface area contributed by atoms with Crippen molar-refractivity contribution in [2.45, 2.75) is 25.1 Å². The summed E-state index contributed by atoms with van der Waals surface area (Å²) in [4.78, 5) is 13.1. The van der Waals surface area contributed by atoms with E-state index in [1.54, 1.807) is 7.05 Å². The second-order valence-corrected chi connectivity index (χ2v) is 4.20. The van der Waals surface area contributed by atoms with E-state index in [1.165, 1.54) is 4.90 Å². The Morgan fingerprint density at radius 2 is 2.00 bits per heavy atom. The van der Waals surface area contributed by atoms with Crippen LogP contribution >= 0.6 is 12.4 Å². The molecule has 0 spiro atoms. The lowest BCUT2D eigenvalue weighted by molar-refractivity contribution is 0.0874. The van der Waals surface area contributed by atoms with Gasteiger partial charge in [-0.15, -0.1) is 12.4 Å². The van der Waals surface area contributed by atoms with Gasteiger partial charge >= 0.3 is 6.09 Å². The number of amides is 1. The number of nitrogens with two attached hydrogens (primary N) is 1. The molecule has 1 amide bonds. The number of halogens is 1. The monoisotopic (exact) mass is 256 g/mol. The number of hydrogen-bond acceptors (Lipinski definition) is 3. The summed E-state index contributed by atoms with van der Waals surface area (Å²) in [7, 11) is 1.68. The Balaban J connectivity index is 0.00000144. The molecule has 0 atom stereocenters. The highest BCUT2D eigenvalue weighted by atomic mass is 35.5. The van der Waals surface area contributed by atoms with Gasteiger partial charge in [0.25, 0.3) is 0 Å².